The predicted molar refractivity (Wildman–Crippen MR) is 127 cm³/mol. The van der Waals surface area contributed by atoms with Crippen molar-refractivity contribution in [3.05, 3.63) is 45.9 Å². The van der Waals surface area contributed by atoms with Crippen molar-refractivity contribution < 1.29 is 0 Å². The van der Waals surface area contributed by atoms with E-state index in [0.717, 1.165) is 42.8 Å². The summed E-state index contributed by atoms with van der Waals surface area (Å²) in [5, 5.41) is 7.99. The molecule has 1 fully saturated rings. The van der Waals surface area contributed by atoms with E-state index in [1.807, 2.05) is 6.92 Å². The zero-order chi connectivity index (χ0) is 18.4. The second-order valence-electron chi connectivity index (χ2n) is 6.75. The van der Waals surface area contributed by atoms with E-state index in [9.17, 15) is 0 Å². The molecule has 1 unspecified atom stereocenters. The Morgan fingerprint density at radius 2 is 2.04 bits per heavy atom. The fourth-order valence-electron chi connectivity index (χ4n) is 3.33. The molecule has 1 aromatic heterocycles. The number of thiazole rings is 1. The van der Waals surface area contributed by atoms with Crippen molar-refractivity contribution in [3.8, 4) is 0 Å². The molecule has 2 aromatic rings. The van der Waals surface area contributed by atoms with Gasteiger partial charge < -0.3 is 15.5 Å². The Bertz CT molecular complexity index is 731. The number of aryl methyl sites for hydroxylation is 2. The lowest BCUT2D eigenvalue weighted by molar-refractivity contribution is 0.566. The number of aromatic nitrogens is 1. The van der Waals surface area contributed by atoms with Crippen molar-refractivity contribution in [3.63, 3.8) is 0 Å². The summed E-state index contributed by atoms with van der Waals surface area (Å²) in [5.41, 5.74) is 2.42. The van der Waals surface area contributed by atoms with Gasteiger partial charge in [-0.15, -0.1) is 35.3 Å². The van der Waals surface area contributed by atoms with Crippen molar-refractivity contribution in [1.82, 2.24) is 15.6 Å². The van der Waals surface area contributed by atoms with E-state index in [1.165, 1.54) is 17.0 Å². The van der Waals surface area contributed by atoms with Crippen LogP contribution in [0.3, 0.4) is 0 Å². The first-order valence-electron chi connectivity index (χ1n) is 9.40. The zero-order valence-corrected chi connectivity index (χ0v) is 19.5. The monoisotopic (exact) mass is 499 g/mol. The highest BCUT2D eigenvalue weighted by atomic mass is 127. The highest BCUT2D eigenvalue weighted by molar-refractivity contribution is 14.0. The van der Waals surface area contributed by atoms with Gasteiger partial charge >= 0.3 is 0 Å². The smallest absolute Gasteiger partial charge is 0.191 e. The van der Waals surface area contributed by atoms with Gasteiger partial charge in [0.2, 0.25) is 0 Å². The zero-order valence-electron chi connectivity index (χ0n) is 16.4. The van der Waals surface area contributed by atoms with Gasteiger partial charge in [-0.05, 0) is 45.2 Å². The van der Waals surface area contributed by atoms with Crippen molar-refractivity contribution >= 4 is 47.0 Å². The standard InChI is InChI=1S/C20H29N5S.HI/c1-4-21-20(23-13-19-15(2)24-16(3)26-19)22-12-17-10-11-25(14-17)18-8-6-5-7-9-18;/h5-9,17H,4,10-14H2,1-3H3,(H2,21,22,23);1H. The summed E-state index contributed by atoms with van der Waals surface area (Å²) >= 11 is 1.74. The van der Waals surface area contributed by atoms with E-state index in [0.29, 0.717) is 12.5 Å². The van der Waals surface area contributed by atoms with Crippen LogP contribution in [0.5, 0.6) is 0 Å². The maximum absolute atomic E-state index is 4.75. The Morgan fingerprint density at radius 3 is 2.70 bits per heavy atom. The van der Waals surface area contributed by atoms with Crippen LogP contribution in [0.1, 0.15) is 28.9 Å². The van der Waals surface area contributed by atoms with E-state index >= 15 is 0 Å². The average Bonchev–Trinajstić information content (AvgIpc) is 3.24. The highest BCUT2D eigenvalue weighted by Crippen LogP contribution is 2.23. The van der Waals surface area contributed by atoms with Crippen LogP contribution in [0.2, 0.25) is 0 Å². The second kappa shape index (κ2) is 10.8. The molecule has 1 aliphatic rings. The Balaban J connectivity index is 0.00000261. The number of anilines is 1. The lowest BCUT2D eigenvalue weighted by atomic mass is 10.1. The molecule has 148 valence electrons. The van der Waals surface area contributed by atoms with Gasteiger partial charge in [-0.25, -0.2) is 9.98 Å². The van der Waals surface area contributed by atoms with Crippen LogP contribution in [-0.4, -0.2) is 37.1 Å². The molecule has 3 rings (SSSR count). The number of aliphatic imine (C=N–C) groups is 1. The number of rotatable bonds is 6. The summed E-state index contributed by atoms with van der Waals surface area (Å²) in [4.78, 5) is 12.9. The Hall–Kier alpha value is -1.35. The predicted octanol–water partition coefficient (Wildman–Crippen LogP) is 3.96. The van der Waals surface area contributed by atoms with E-state index in [2.05, 4.69) is 64.7 Å². The third kappa shape index (κ3) is 6.34. The molecular weight excluding hydrogens is 469 g/mol. The van der Waals surface area contributed by atoms with Crippen LogP contribution in [-0.2, 0) is 6.54 Å². The highest BCUT2D eigenvalue weighted by Gasteiger charge is 2.22. The third-order valence-electron chi connectivity index (χ3n) is 4.69. The summed E-state index contributed by atoms with van der Waals surface area (Å²) < 4.78 is 0. The summed E-state index contributed by atoms with van der Waals surface area (Å²) in [5.74, 6) is 1.54. The molecule has 1 aromatic carbocycles. The molecule has 1 aliphatic heterocycles. The van der Waals surface area contributed by atoms with Gasteiger partial charge in [0.05, 0.1) is 17.2 Å². The first-order valence-corrected chi connectivity index (χ1v) is 10.2. The molecule has 1 atom stereocenters. The van der Waals surface area contributed by atoms with Crippen LogP contribution >= 0.6 is 35.3 Å². The molecule has 0 saturated carbocycles. The fraction of sp³-hybridized carbons (Fsp3) is 0.500. The van der Waals surface area contributed by atoms with Gasteiger partial charge in [0.15, 0.2) is 5.96 Å². The molecule has 1 saturated heterocycles. The molecule has 0 amide bonds. The summed E-state index contributed by atoms with van der Waals surface area (Å²) in [6, 6.07) is 10.7. The fourth-order valence-corrected chi connectivity index (χ4v) is 4.19. The van der Waals surface area contributed by atoms with E-state index in [4.69, 9.17) is 4.99 Å². The maximum Gasteiger partial charge on any atom is 0.191 e. The van der Waals surface area contributed by atoms with Crippen molar-refractivity contribution in [2.75, 3.05) is 31.1 Å². The quantitative estimate of drug-likeness (QED) is 0.359. The van der Waals surface area contributed by atoms with Crippen molar-refractivity contribution in [1.29, 1.82) is 0 Å². The first kappa shape index (κ1) is 21.9. The van der Waals surface area contributed by atoms with Crippen LogP contribution in [0.15, 0.2) is 35.3 Å². The summed E-state index contributed by atoms with van der Waals surface area (Å²) in [7, 11) is 0. The largest absolute Gasteiger partial charge is 0.371 e. The van der Waals surface area contributed by atoms with Gasteiger partial charge in [0.25, 0.3) is 0 Å². The third-order valence-corrected chi connectivity index (χ3v) is 5.75. The van der Waals surface area contributed by atoms with Gasteiger partial charge in [-0.3, -0.25) is 0 Å². The lowest BCUT2D eigenvalue weighted by Crippen LogP contribution is -2.40. The topological polar surface area (TPSA) is 52.6 Å². The van der Waals surface area contributed by atoms with Crippen molar-refractivity contribution in [2.45, 2.75) is 33.7 Å². The lowest BCUT2D eigenvalue weighted by Gasteiger charge is -2.19. The number of nitrogens with zero attached hydrogens (tertiary/aromatic N) is 3. The second-order valence-corrected chi connectivity index (χ2v) is 8.04. The summed E-state index contributed by atoms with van der Waals surface area (Å²) in [6.07, 6.45) is 1.22. The minimum absolute atomic E-state index is 0. The van der Waals surface area contributed by atoms with E-state index < -0.39 is 0 Å². The Morgan fingerprint density at radius 1 is 1.26 bits per heavy atom. The number of guanidine groups is 1. The Kier molecular flexibility index (Phi) is 8.82. The van der Waals surface area contributed by atoms with Gasteiger partial charge in [-0.1, -0.05) is 18.2 Å². The first-order chi connectivity index (χ1) is 12.7. The summed E-state index contributed by atoms with van der Waals surface area (Å²) in [6.45, 7) is 11.0. The molecule has 2 N–H and O–H groups in total. The van der Waals surface area contributed by atoms with Crippen molar-refractivity contribution in [2.24, 2.45) is 10.9 Å². The molecule has 0 radical (unpaired) electrons. The van der Waals surface area contributed by atoms with E-state index in [1.54, 1.807) is 11.3 Å². The molecule has 2 heterocycles. The molecule has 7 heteroatoms. The normalized spacial score (nSPS) is 16.9. The van der Waals surface area contributed by atoms with Crippen LogP contribution in [0.25, 0.3) is 0 Å². The number of benzene rings is 1. The Labute approximate surface area is 183 Å². The molecule has 27 heavy (non-hydrogen) atoms. The molecule has 0 bridgehead atoms. The van der Waals surface area contributed by atoms with Crippen LogP contribution in [0, 0.1) is 19.8 Å². The average molecular weight is 499 g/mol. The van der Waals surface area contributed by atoms with Gasteiger partial charge in [0, 0.05) is 36.7 Å². The molecule has 0 aliphatic carbocycles. The number of hydrogen-bond donors (Lipinski definition) is 2. The van der Waals surface area contributed by atoms with Gasteiger partial charge in [0.1, 0.15) is 0 Å². The molecule has 5 nitrogen and oxygen atoms in total. The SMILES string of the molecule is CCNC(=NCc1sc(C)nc1C)NCC1CCN(c2ccccc2)C1.I. The number of nitrogens with one attached hydrogen (secondary N) is 2. The van der Waals surface area contributed by atoms with Crippen LogP contribution in [0.4, 0.5) is 5.69 Å². The molecule has 0 spiro atoms. The maximum atomic E-state index is 4.75. The number of para-hydroxylation sites is 1. The minimum atomic E-state index is 0. The van der Waals surface area contributed by atoms with Crippen LogP contribution < -0.4 is 15.5 Å². The van der Waals surface area contributed by atoms with Gasteiger partial charge in [-0.2, -0.15) is 0 Å². The number of hydrogen-bond acceptors (Lipinski definition) is 4. The number of halogens is 1. The molecular formula is C20H30IN5S. The van der Waals surface area contributed by atoms with E-state index in [-0.39, 0.29) is 24.0 Å². The minimum Gasteiger partial charge on any atom is -0.371 e.